The summed E-state index contributed by atoms with van der Waals surface area (Å²) < 4.78 is 5.72. The van der Waals surface area contributed by atoms with E-state index in [1.165, 1.54) is 11.1 Å². The number of hydrogen-bond acceptors (Lipinski definition) is 2. The molecular weight excluding hydrogens is 234 g/mol. The van der Waals surface area contributed by atoms with Gasteiger partial charge in [0.1, 0.15) is 12.4 Å². The van der Waals surface area contributed by atoms with E-state index >= 15 is 0 Å². The quantitative estimate of drug-likeness (QED) is 0.836. The van der Waals surface area contributed by atoms with Gasteiger partial charge in [0.2, 0.25) is 0 Å². The molecule has 0 spiro atoms. The molecule has 2 aromatic rings. The van der Waals surface area contributed by atoms with Crippen LogP contribution in [0.15, 0.2) is 48.5 Å². The van der Waals surface area contributed by atoms with Crippen LogP contribution in [0, 0.1) is 0 Å². The fourth-order valence-electron chi connectivity index (χ4n) is 1.83. The third-order valence-electron chi connectivity index (χ3n) is 3.11. The Kier molecular flexibility index (Phi) is 3.79. The molecule has 2 N–H and O–H groups in total. The van der Waals surface area contributed by atoms with Gasteiger partial charge < -0.3 is 10.5 Å². The Morgan fingerprint density at radius 3 is 2.00 bits per heavy atom. The van der Waals surface area contributed by atoms with Crippen molar-refractivity contribution < 1.29 is 4.74 Å². The maximum Gasteiger partial charge on any atom is 0.119 e. The van der Waals surface area contributed by atoms with Crippen molar-refractivity contribution in [1.29, 1.82) is 0 Å². The van der Waals surface area contributed by atoms with Gasteiger partial charge in [0.05, 0.1) is 0 Å². The van der Waals surface area contributed by atoms with Crippen LogP contribution in [-0.2, 0) is 12.0 Å². The zero-order chi connectivity index (χ0) is 13.9. The van der Waals surface area contributed by atoms with Gasteiger partial charge in [-0.3, -0.25) is 0 Å². The van der Waals surface area contributed by atoms with E-state index in [1.807, 2.05) is 24.3 Å². The van der Waals surface area contributed by atoms with Gasteiger partial charge in [0.25, 0.3) is 0 Å². The molecule has 0 bridgehead atoms. The van der Waals surface area contributed by atoms with Crippen LogP contribution in [0.2, 0.25) is 0 Å². The van der Waals surface area contributed by atoms with E-state index in [9.17, 15) is 0 Å². The van der Waals surface area contributed by atoms with Crippen LogP contribution in [-0.4, -0.2) is 0 Å². The normalized spacial score (nSPS) is 11.3. The second-order valence-electron chi connectivity index (χ2n) is 5.80. The SMILES string of the molecule is CC(C)(C)c1ccc(COc2ccc(N)cc2)cc1. The molecule has 0 amide bonds. The molecule has 0 aromatic heterocycles. The molecule has 2 nitrogen and oxygen atoms in total. The number of anilines is 1. The standard InChI is InChI=1S/C17H21NO/c1-17(2,3)14-6-4-13(5-7-14)12-19-16-10-8-15(18)9-11-16/h4-11H,12,18H2,1-3H3. The predicted molar refractivity (Wildman–Crippen MR) is 80.3 cm³/mol. The Hall–Kier alpha value is -1.96. The summed E-state index contributed by atoms with van der Waals surface area (Å²) in [6.07, 6.45) is 0. The molecule has 0 aliphatic heterocycles. The van der Waals surface area contributed by atoms with Gasteiger partial charge in [-0.05, 0) is 40.8 Å². The van der Waals surface area contributed by atoms with Crippen molar-refractivity contribution in [3.05, 3.63) is 59.7 Å². The molecule has 19 heavy (non-hydrogen) atoms. The molecule has 0 saturated heterocycles. The molecule has 0 radical (unpaired) electrons. The van der Waals surface area contributed by atoms with Crippen LogP contribution in [0.1, 0.15) is 31.9 Å². The highest BCUT2D eigenvalue weighted by molar-refractivity contribution is 5.41. The molecule has 2 heteroatoms. The van der Waals surface area contributed by atoms with Gasteiger partial charge in [-0.25, -0.2) is 0 Å². The van der Waals surface area contributed by atoms with Crippen molar-refractivity contribution in [2.45, 2.75) is 32.8 Å². The van der Waals surface area contributed by atoms with Crippen molar-refractivity contribution in [3.63, 3.8) is 0 Å². The Bertz CT molecular complexity index is 521. The Morgan fingerprint density at radius 2 is 1.47 bits per heavy atom. The van der Waals surface area contributed by atoms with Crippen LogP contribution in [0.25, 0.3) is 0 Å². The van der Waals surface area contributed by atoms with Crippen LogP contribution < -0.4 is 10.5 Å². The Balaban J connectivity index is 1.98. The number of rotatable bonds is 3. The average Bonchev–Trinajstić information content (AvgIpc) is 2.37. The van der Waals surface area contributed by atoms with Gasteiger partial charge in [0, 0.05) is 5.69 Å². The summed E-state index contributed by atoms with van der Waals surface area (Å²) in [5.41, 5.74) is 9.09. The second-order valence-corrected chi connectivity index (χ2v) is 5.80. The van der Waals surface area contributed by atoms with E-state index in [0.29, 0.717) is 6.61 Å². The highest BCUT2D eigenvalue weighted by Gasteiger charge is 2.12. The first kappa shape index (κ1) is 13.5. The first-order chi connectivity index (χ1) is 8.95. The van der Waals surface area contributed by atoms with E-state index in [0.717, 1.165) is 11.4 Å². The smallest absolute Gasteiger partial charge is 0.119 e. The van der Waals surface area contributed by atoms with E-state index in [1.54, 1.807) is 0 Å². The van der Waals surface area contributed by atoms with Crippen molar-refractivity contribution in [3.8, 4) is 5.75 Å². The van der Waals surface area contributed by atoms with Crippen LogP contribution >= 0.6 is 0 Å². The molecule has 0 unspecified atom stereocenters. The third-order valence-corrected chi connectivity index (χ3v) is 3.11. The predicted octanol–water partition coefficient (Wildman–Crippen LogP) is 4.15. The summed E-state index contributed by atoms with van der Waals surface area (Å²) in [5, 5.41) is 0. The number of nitrogen functional groups attached to an aromatic ring is 1. The van der Waals surface area contributed by atoms with Gasteiger partial charge in [0.15, 0.2) is 0 Å². The molecule has 0 aliphatic rings. The summed E-state index contributed by atoms with van der Waals surface area (Å²) in [4.78, 5) is 0. The Labute approximate surface area is 115 Å². The number of ether oxygens (including phenoxy) is 1. The van der Waals surface area contributed by atoms with Gasteiger partial charge in [-0.15, -0.1) is 0 Å². The molecule has 0 atom stereocenters. The van der Waals surface area contributed by atoms with Gasteiger partial charge in [-0.1, -0.05) is 45.0 Å². The minimum absolute atomic E-state index is 0.191. The van der Waals surface area contributed by atoms with Crippen LogP contribution in [0.5, 0.6) is 5.75 Å². The Morgan fingerprint density at radius 1 is 0.895 bits per heavy atom. The molecule has 100 valence electrons. The third kappa shape index (κ3) is 3.75. The zero-order valence-corrected chi connectivity index (χ0v) is 11.8. The lowest BCUT2D eigenvalue weighted by Gasteiger charge is -2.19. The maximum atomic E-state index is 5.72. The number of nitrogens with two attached hydrogens (primary N) is 1. The highest BCUT2D eigenvalue weighted by atomic mass is 16.5. The summed E-state index contributed by atoms with van der Waals surface area (Å²) in [6, 6.07) is 16.0. The fraction of sp³-hybridized carbons (Fsp3) is 0.294. The molecule has 0 fully saturated rings. The maximum absolute atomic E-state index is 5.72. The minimum Gasteiger partial charge on any atom is -0.489 e. The summed E-state index contributed by atoms with van der Waals surface area (Å²) in [7, 11) is 0. The molecule has 0 saturated carbocycles. The minimum atomic E-state index is 0.191. The lowest BCUT2D eigenvalue weighted by molar-refractivity contribution is 0.306. The number of benzene rings is 2. The van der Waals surface area contributed by atoms with Crippen molar-refractivity contribution in [1.82, 2.24) is 0 Å². The highest BCUT2D eigenvalue weighted by Crippen LogP contribution is 2.22. The molecular formula is C17H21NO. The van der Waals surface area contributed by atoms with Gasteiger partial charge >= 0.3 is 0 Å². The summed E-state index contributed by atoms with van der Waals surface area (Å²) in [5.74, 6) is 0.842. The van der Waals surface area contributed by atoms with Crippen molar-refractivity contribution >= 4 is 5.69 Å². The monoisotopic (exact) mass is 255 g/mol. The lowest BCUT2D eigenvalue weighted by Crippen LogP contribution is -2.10. The first-order valence-corrected chi connectivity index (χ1v) is 6.53. The van der Waals surface area contributed by atoms with E-state index < -0.39 is 0 Å². The first-order valence-electron chi connectivity index (χ1n) is 6.53. The van der Waals surface area contributed by atoms with Crippen LogP contribution in [0.3, 0.4) is 0 Å². The summed E-state index contributed by atoms with van der Waals surface area (Å²) >= 11 is 0. The van der Waals surface area contributed by atoms with E-state index in [4.69, 9.17) is 10.5 Å². The topological polar surface area (TPSA) is 35.2 Å². The van der Waals surface area contributed by atoms with E-state index in [-0.39, 0.29) is 5.41 Å². The average molecular weight is 255 g/mol. The largest absolute Gasteiger partial charge is 0.489 e. The molecule has 0 heterocycles. The fourth-order valence-corrected chi connectivity index (χ4v) is 1.83. The lowest BCUT2D eigenvalue weighted by atomic mass is 9.87. The van der Waals surface area contributed by atoms with Crippen molar-refractivity contribution in [2.75, 3.05) is 5.73 Å². The van der Waals surface area contributed by atoms with E-state index in [2.05, 4.69) is 45.0 Å². The molecule has 2 rings (SSSR count). The zero-order valence-electron chi connectivity index (χ0n) is 11.8. The second kappa shape index (κ2) is 5.35. The number of hydrogen-bond donors (Lipinski definition) is 1. The molecule has 0 aliphatic carbocycles. The van der Waals surface area contributed by atoms with Gasteiger partial charge in [-0.2, -0.15) is 0 Å². The molecule has 2 aromatic carbocycles. The van der Waals surface area contributed by atoms with Crippen LogP contribution in [0.4, 0.5) is 5.69 Å². The summed E-state index contributed by atoms with van der Waals surface area (Å²) in [6.45, 7) is 7.22. The van der Waals surface area contributed by atoms with Crippen molar-refractivity contribution in [2.24, 2.45) is 0 Å².